The predicted molar refractivity (Wildman–Crippen MR) is 146 cm³/mol. The molecule has 5 N–H and O–H groups in total. The summed E-state index contributed by atoms with van der Waals surface area (Å²) < 4.78 is 26.4. The van der Waals surface area contributed by atoms with E-state index >= 15 is 0 Å². The van der Waals surface area contributed by atoms with Crippen LogP contribution in [0, 0.1) is 11.6 Å². The maximum Gasteiger partial charge on any atom is 0.339 e. The van der Waals surface area contributed by atoms with Gasteiger partial charge < -0.3 is 25.7 Å². The van der Waals surface area contributed by atoms with E-state index in [-0.39, 0.29) is 34.6 Å². The van der Waals surface area contributed by atoms with Crippen molar-refractivity contribution in [1.82, 2.24) is 4.90 Å². The Bertz CT molecular complexity index is 1320. The molecule has 214 valence electrons. The fourth-order valence-electron chi connectivity index (χ4n) is 4.23. The molecule has 0 radical (unpaired) electrons. The van der Waals surface area contributed by atoms with E-state index in [2.05, 4.69) is 10.2 Å². The first-order chi connectivity index (χ1) is 19.7. The van der Waals surface area contributed by atoms with Crippen LogP contribution in [0.1, 0.15) is 37.9 Å². The van der Waals surface area contributed by atoms with Crippen LogP contribution >= 0.6 is 0 Å². The van der Waals surface area contributed by atoms with Crippen LogP contribution in [0.15, 0.2) is 97.1 Å². The Labute approximate surface area is 235 Å². The molecule has 0 aromatic heterocycles. The van der Waals surface area contributed by atoms with E-state index in [9.17, 15) is 23.5 Å². The average Bonchev–Trinajstić information content (AvgIpc) is 2.97. The van der Waals surface area contributed by atoms with Crippen molar-refractivity contribution in [3.8, 4) is 11.5 Å². The molecular weight excluding hydrogens is 534 g/mol. The molecule has 0 unspecified atom stereocenters. The molecule has 41 heavy (non-hydrogen) atoms. The van der Waals surface area contributed by atoms with Gasteiger partial charge in [-0.2, -0.15) is 0 Å². The quantitative estimate of drug-likeness (QED) is 0.291. The average molecular weight is 565 g/mol. The number of carboxylic acids is 2. The van der Waals surface area contributed by atoms with Crippen molar-refractivity contribution in [3.05, 3.63) is 131 Å². The van der Waals surface area contributed by atoms with E-state index in [1.807, 2.05) is 24.3 Å². The van der Waals surface area contributed by atoms with Gasteiger partial charge in [0.2, 0.25) is 0 Å². The summed E-state index contributed by atoms with van der Waals surface area (Å²) in [6.07, 6.45) is 0. The second kappa shape index (κ2) is 15.1. The first-order valence-corrected chi connectivity index (χ1v) is 12.7. The van der Waals surface area contributed by atoms with E-state index in [0.29, 0.717) is 0 Å². The lowest BCUT2D eigenvalue weighted by atomic mass is 9.96. The number of quaternary nitrogens is 1. The van der Waals surface area contributed by atoms with E-state index in [4.69, 9.17) is 15.3 Å². The summed E-state index contributed by atoms with van der Waals surface area (Å²) in [4.78, 5) is 22.9. The number of hydrogen-bond acceptors (Lipinski definition) is 5. The van der Waals surface area contributed by atoms with E-state index in [1.54, 1.807) is 12.1 Å². The zero-order valence-electron chi connectivity index (χ0n) is 22.0. The number of nitrogens with zero attached hydrogens (tertiary/aromatic N) is 1. The van der Waals surface area contributed by atoms with Crippen molar-refractivity contribution in [2.45, 2.75) is 6.04 Å². The van der Waals surface area contributed by atoms with Gasteiger partial charge in [-0.15, -0.1) is 0 Å². The minimum Gasteiger partial charge on any atom is -0.872 e. The van der Waals surface area contributed by atoms with Gasteiger partial charge in [0, 0.05) is 13.1 Å². The summed E-state index contributed by atoms with van der Waals surface area (Å²) >= 11 is 0. The molecule has 4 aromatic carbocycles. The Morgan fingerprint density at radius 2 is 1.15 bits per heavy atom. The van der Waals surface area contributed by atoms with Crippen LogP contribution in [-0.2, 0) is 0 Å². The van der Waals surface area contributed by atoms with Gasteiger partial charge in [-0.05, 0) is 53.6 Å². The summed E-state index contributed by atoms with van der Waals surface area (Å²) in [5, 5.41) is 38.6. The first kappa shape index (κ1) is 30.7. The van der Waals surface area contributed by atoms with Crippen molar-refractivity contribution in [3.63, 3.8) is 0 Å². The first-order valence-electron chi connectivity index (χ1n) is 12.7. The number of carbonyl (C=O) groups is 2. The number of carboxylic acid groups (broad SMARTS) is 2. The SMILES string of the molecule is Fc1ccc(C(c2ccc(F)cc2)N2CC[NH2+]CC2)cc1.O=C(O)c1ccccc1O.O=C(O)c1ccccc1[O-]. The highest BCUT2D eigenvalue weighted by molar-refractivity contribution is 5.90. The zero-order valence-corrected chi connectivity index (χ0v) is 22.0. The summed E-state index contributed by atoms with van der Waals surface area (Å²) in [6.45, 7) is 4.05. The number of benzene rings is 4. The van der Waals surface area contributed by atoms with Gasteiger partial charge in [-0.25, -0.2) is 18.4 Å². The van der Waals surface area contributed by atoms with E-state index < -0.39 is 17.7 Å². The maximum atomic E-state index is 13.2. The van der Waals surface area contributed by atoms with Crippen LogP contribution in [0.2, 0.25) is 0 Å². The number of hydrogen-bond donors (Lipinski definition) is 4. The van der Waals surface area contributed by atoms with Gasteiger partial charge in [0.1, 0.15) is 22.9 Å². The standard InChI is InChI=1S/C17H18F2N2.2C7H6O3/c18-15-5-1-13(2-6-15)17(21-11-9-20-10-12-21)14-3-7-16(19)8-4-14;2*8-6-4-2-1-3-5(6)7(9)10/h1-8,17,20H,9-12H2;2*1-4,8H,(H,9,10). The van der Waals surface area contributed by atoms with Crippen LogP contribution in [0.25, 0.3) is 0 Å². The number of piperazine rings is 1. The molecule has 0 aliphatic carbocycles. The highest BCUT2D eigenvalue weighted by atomic mass is 19.1. The molecule has 0 spiro atoms. The highest BCUT2D eigenvalue weighted by Crippen LogP contribution is 2.29. The molecular formula is C31H30F2N2O6. The number of nitrogens with two attached hydrogens (primary N) is 1. The number of phenols is 1. The van der Waals surface area contributed by atoms with E-state index in [1.165, 1.54) is 60.7 Å². The molecule has 1 heterocycles. The smallest absolute Gasteiger partial charge is 0.339 e. The van der Waals surface area contributed by atoms with Gasteiger partial charge in [0.05, 0.1) is 24.7 Å². The molecule has 0 atom stereocenters. The summed E-state index contributed by atoms with van der Waals surface area (Å²) in [7, 11) is 0. The monoisotopic (exact) mass is 564 g/mol. The lowest BCUT2D eigenvalue weighted by Gasteiger charge is -2.34. The van der Waals surface area contributed by atoms with Crippen molar-refractivity contribution in [2.75, 3.05) is 26.2 Å². The maximum absolute atomic E-state index is 13.2. The zero-order chi connectivity index (χ0) is 29.8. The lowest BCUT2D eigenvalue weighted by Crippen LogP contribution is -2.89. The third-order valence-electron chi connectivity index (χ3n) is 6.23. The number of para-hydroxylation sites is 2. The number of rotatable bonds is 5. The van der Waals surface area contributed by atoms with Gasteiger partial charge in [-0.3, -0.25) is 4.90 Å². The minimum absolute atomic E-state index is 0.0555. The van der Waals surface area contributed by atoms with Crippen molar-refractivity contribution in [1.29, 1.82) is 0 Å². The molecule has 1 saturated heterocycles. The molecule has 10 heteroatoms. The van der Waals surface area contributed by atoms with Gasteiger partial charge in [-0.1, -0.05) is 60.3 Å². The molecule has 0 bridgehead atoms. The Kier molecular flexibility index (Phi) is 11.3. The molecule has 0 saturated carbocycles. The van der Waals surface area contributed by atoms with Gasteiger partial charge in [0.25, 0.3) is 0 Å². The molecule has 1 aliphatic rings. The summed E-state index contributed by atoms with van der Waals surface area (Å²) in [5.41, 5.74) is 1.85. The molecule has 8 nitrogen and oxygen atoms in total. The second-order valence-electron chi connectivity index (χ2n) is 9.03. The van der Waals surface area contributed by atoms with Crippen LogP contribution < -0.4 is 10.4 Å². The topological polar surface area (TPSA) is 138 Å². The molecule has 1 aliphatic heterocycles. The largest absolute Gasteiger partial charge is 0.872 e. The number of aromatic hydroxyl groups is 1. The van der Waals surface area contributed by atoms with Crippen molar-refractivity contribution < 1.29 is 44.1 Å². The third-order valence-corrected chi connectivity index (χ3v) is 6.23. The second-order valence-corrected chi connectivity index (χ2v) is 9.03. The van der Waals surface area contributed by atoms with Gasteiger partial charge >= 0.3 is 11.9 Å². The van der Waals surface area contributed by atoms with Gasteiger partial charge in [0.15, 0.2) is 0 Å². The Balaban J connectivity index is 0.000000193. The fourth-order valence-corrected chi connectivity index (χ4v) is 4.23. The molecule has 4 aromatic rings. The van der Waals surface area contributed by atoms with Crippen LogP contribution in [0.4, 0.5) is 8.78 Å². The van der Waals surface area contributed by atoms with Crippen molar-refractivity contribution in [2.24, 2.45) is 0 Å². The Hall–Kier alpha value is -4.80. The third kappa shape index (κ3) is 9.13. The van der Waals surface area contributed by atoms with E-state index in [0.717, 1.165) is 37.3 Å². The van der Waals surface area contributed by atoms with Crippen molar-refractivity contribution >= 4 is 11.9 Å². The van der Waals surface area contributed by atoms with Crippen LogP contribution in [-0.4, -0.2) is 58.3 Å². The predicted octanol–water partition coefficient (Wildman–Crippen LogP) is 3.48. The Morgan fingerprint density at radius 1 is 0.707 bits per heavy atom. The molecule has 5 rings (SSSR count). The molecule has 1 fully saturated rings. The lowest BCUT2D eigenvalue weighted by molar-refractivity contribution is -0.663. The minimum atomic E-state index is -1.18. The fraction of sp³-hybridized carbons (Fsp3) is 0.161. The highest BCUT2D eigenvalue weighted by Gasteiger charge is 2.25. The summed E-state index contributed by atoms with van der Waals surface area (Å²) in [6, 6.07) is 24.6. The Morgan fingerprint density at radius 3 is 1.54 bits per heavy atom. The van der Waals surface area contributed by atoms with Crippen LogP contribution in [0.3, 0.4) is 0 Å². The summed E-state index contributed by atoms with van der Waals surface area (Å²) in [5.74, 6) is -3.40. The number of aromatic carboxylic acids is 2. The number of halogens is 2. The van der Waals surface area contributed by atoms with Crippen LogP contribution in [0.5, 0.6) is 11.5 Å². The molecule has 0 amide bonds. The normalized spacial score (nSPS) is 12.9.